The molecule has 0 unspecified atom stereocenters. The van der Waals surface area contributed by atoms with E-state index in [0.29, 0.717) is 0 Å². The lowest BCUT2D eigenvalue weighted by Gasteiger charge is -2.05. The average Bonchev–Trinajstić information content (AvgIpc) is 2.55. The van der Waals surface area contributed by atoms with Crippen LogP contribution in [0, 0.1) is 0 Å². The molecular formula is C20H28ClN. The summed E-state index contributed by atoms with van der Waals surface area (Å²) in [4.78, 5) is 0. The molecule has 2 aromatic carbocycles. The molecule has 0 aromatic heterocycles. The van der Waals surface area contributed by atoms with Gasteiger partial charge in [-0.1, -0.05) is 60.7 Å². The van der Waals surface area contributed by atoms with Crippen LogP contribution in [0.15, 0.2) is 60.7 Å². The zero-order valence-corrected chi connectivity index (χ0v) is 14.2. The Hall–Kier alpha value is -1.31. The number of aryl methyl sites for hydroxylation is 2. The minimum Gasteiger partial charge on any atom is -0.317 e. The fourth-order valence-corrected chi connectivity index (χ4v) is 2.57. The SMILES string of the molecule is Cl.c1ccc(CCCCNCCCCc2ccccc2)cc1. The molecule has 2 heteroatoms. The number of hydrogen-bond donors (Lipinski definition) is 1. The Bertz CT molecular complexity index is 424. The summed E-state index contributed by atoms with van der Waals surface area (Å²) in [6, 6.07) is 21.5. The van der Waals surface area contributed by atoms with Crippen LogP contribution in [0.25, 0.3) is 0 Å². The normalized spacial score (nSPS) is 10.2. The summed E-state index contributed by atoms with van der Waals surface area (Å²) in [6.45, 7) is 2.30. The molecule has 22 heavy (non-hydrogen) atoms. The minimum absolute atomic E-state index is 0. The van der Waals surface area contributed by atoms with Gasteiger partial charge in [-0.25, -0.2) is 0 Å². The molecule has 0 heterocycles. The smallest absolute Gasteiger partial charge is 0.00488 e. The van der Waals surface area contributed by atoms with Gasteiger partial charge in [0.15, 0.2) is 0 Å². The fraction of sp³-hybridized carbons (Fsp3) is 0.400. The molecule has 0 spiro atoms. The summed E-state index contributed by atoms with van der Waals surface area (Å²) in [6.07, 6.45) is 7.51. The Morgan fingerprint density at radius 1 is 0.545 bits per heavy atom. The van der Waals surface area contributed by atoms with E-state index in [0.717, 1.165) is 13.1 Å². The third kappa shape index (κ3) is 8.21. The van der Waals surface area contributed by atoms with Crippen molar-refractivity contribution in [2.45, 2.75) is 38.5 Å². The standard InChI is InChI=1S/C20H27N.ClH/c1-3-11-19(12-4-1)15-7-9-17-21-18-10-8-16-20-13-5-2-6-14-20;/h1-6,11-14,21H,7-10,15-18H2;1H. The largest absolute Gasteiger partial charge is 0.317 e. The lowest BCUT2D eigenvalue weighted by molar-refractivity contribution is 0.589. The van der Waals surface area contributed by atoms with Crippen LogP contribution in [0.3, 0.4) is 0 Å². The Balaban J connectivity index is 0.00000242. The van der Waals surface area contributed by atoms with Gasteiger partial charge >= 0.3 is 0 Å². The van der Waals surface area contributed by atoms with Crippen LogP contribution >= 0.6 is 12.4 Å². The van der Waals surface area contributed by atoms with Crippen molar-refractivity contribution in [3.05, 3.63) is 71.8 Å². The van der Waals surface area contributed by atoms with Crippen molar-refractivity contribution in [2.75, 3.05) is 13.1 Å². The van der Waals surface area contributed by atoms with E-state index in [9.17, 15) is 0 Å². The third-order valence-corrected chi connectivity index (χ3v) is 3.82. The maximum Gasteiger partial charge on any atom is -0.00488 e. The topological polar surface area (TPSA) is 12.0 Å². The summed E-state index contributed by atoms with van der Waals surface area (Å²) in [5, 5.41) is 3.56. The first-order valence-corrected chi connectivity index (χ1v) is 8.24. The van der Waals surface area contributed by atoms with E-state index in [2.05, 4.69) is 66.0 Å². The van der Waals surface area contributed by atoms with E-state index in [4.69, 9.17) is 0 Å². The highest BCUT2D eigenvalue weighted by molar-refractivity contribution is 5.85. The van der Waals surface area contributed by atoms with Crippen molar-refractivity contribution in [1.82, 2.24) is 5.32 Å². The number of halogens is 1. The minimum atomic E-state index is 0. The number of nitrogens with one attached hydrogen (secondary N) is 1. The Morgan fingerprint density at radius 3 is 1.36 bits per heavy atom. The molecule has 0 aliphatic carbocycles. The van der Waals surface area contributed by atoms with E-state index in [1.165, 1.54) is 49.7 Å². The third-order valence-electron chi connectivity index (χ3n) is 3.82. The summed E-state index contributed by atoms with van der Waals surface area (Å²) in [7, 11) is 0. The van der Waals surface area contributed by atoms with Gasteiger partial charge in [-0.2, -0.15) is 0 Å². The molecular weight excluding hydrogens is 290 g/mol. The van der Waals surface area contributed by atoms with Crippen molar-refractivity contribution >= 4 is 12.4 Å². The van der Waals surface area contributed by atoms with Gasteiger partial charge in [0.1, 0.15) is 0 Å². The number of hydrogen-bond acceptors (Lipinski definition) is 1. The van der Waals surface area contributed by atoms with Crippen LogP contribution in [0.1, 0.15) is 36.8 Å². The van der Waals surface area contributed by atoms with Gasteiger partial charge in [0, 0.05) is 0 Å². The van der Waals surface area contributed by atoms with Gasteiger partial charge in [0.25, 0.3) is 0 Å². The van der Waals surface area contributed by atoms with Crippen molar-refractivity contribution in [3.8, 4) is 0 Å². The molecule has 0 aliphatic heterocycles. The molecule has 0 fully saturated rings. The fourth-order valence-electron chi connectivity index (χ4n) is 2.57. The monoisotopic (exact) mass is 317 g/mol. The molecule has 0 bridgehead atoms. The molecule has 1 N–H and O–H groups in total. The predicted molar refractivity (Wildman–Crippen MR) is 98.9 cm³/mol. The van der Waals surface area contributed by atoms with Crippen LogP contribution in [-0.4, -0.2) is 13.1 Å². The van der Waals surface area contributed by atoms with E-state index < -0.39 is 0 Å². The molecule has 120 valence electrons. The van der Waals surface area contributed by atoms with Crippen LogP contribution in [0.4, 0.5) is 0 Å². The van der Waals surface area contributed by atoms with Gasteiger partial charge in [0.2, 0.25) is 0 Å². The van der Waals surface area contributed by atoms with Crippen LogP contribution in [-0.2, 0) is 12.8 Å². The number of benzene rings is 2. The molecule has 2 rings (SSSR count). The summed E-state index contributed by atoms with van der Waals surface area (Å²) < 4.78 is 0. The summed E-state index contributed by atoms with van der Waals surface area (Å²) >= 11 is 0. The highest BCUT2D eigenvalue weighted by Crippen LogP contribution is 2.05. The molecule has 0 radical (unpaired) electrons. The second kappa shape index (κ2) is 12.3. The predicted octanol–water partition coefficient (Wildman–Crippen LogP) is 5.04. The van der Waals surface area contributed by atoms with Crippen molar-refractivity contribution in [3.63, 3.8) is 0 Å². The first-order chi connectivity index (χ1) is 10.4. The molecule has 0 saturated carbocycles. The zero-order chi connectivity index (χ0) is 14.6. The maximum atomic E-state index is 3.56. The first-order valence-electron chi connectivity index (χ1n) is 8.24. The number of unbranched alkanes of at least 4 members (excludes halogenated alkanes) is 2. The first kappa shape index (κ1) is 18.7. The second-order valence-corrected chi connectivity index (χ2v) is 5.64. The molecule has 1 nitrogen and oxygen atoms in total. The van der Waals surface area contributed by atoms with Crippen molar-refractivity contribution < 1.29 is 0 Å². The second-order valence-electron chi connectivity index (χ2n) is 5.64. The Labute approximate surface area is 141 Å². The van der Waals surface area contributed by atoms with Crippen LogP contribution in [0.2, 0.25) is 0 Å². The molecule has 0 aliphatic rings. The summed E-state index contributed by atoms with van der Waals surface area (Å²) in [5.74, 6) is 0. The van der Waals surface area contributed by atoms with Crippen LogP contribution in [0.5, 0.6) is 0 Å². The molecule has 0 saturated heterocycles. The molecule has 0 atom stereocenters. The molecule has 0 amide bonds. The quantitative estimate of drug-likeness (QED) is 0.605. The van der Waals surface area contributed by atoms with E-state index in [-0.39, 0.29) is 12.4 Å². The van der Waals surface area contributed by atoms with Gasteiger partial charge in [-0.3, -0.25) is 0 Å². The van der Waals surface area contributed by atoms with Crippen molar-refractivity contribution in [1.29, 1.82) is 0 Å². The van der Waals surface area contributed by atoms with E-state index in [1.54, 1.807) is 0 Å². The Morgan fingerprint density at radius 2 is 0.955 bits per heavy atom. The zero-order valence-electron chi connectivity index (χ0n) is 13.3. The highest BCUT2D eigenvalue weighted by Gasteiger charge is 1.94. The van der Waals surface area contributed by atoms with Gasteiger partial charge in [-0.05, 0) is 62.7 Å². The van der Waals surface area contributed by atoms with E-state index >= 15 is 0 Å². The summed E-state index contributed by atoms with van der Waals surface area (Å²) in [5.41, 5.74) is 2.92. The lowest BCUT2D eigenvalue weighted by atomic mass is 10.1. The van der Waals surface area contributed by atoms with Gasteiger partial charge in [-0.15, -0.1) is 12.4 Å². The average molecular weight is 318 g/mol. The van der Waals surface area contributed by atoms with Crippen molar-refractivity contribution in [2.24, 2.45) is 0 Å². The lowest BCUT2D eigenvalue weighted by Crippen LogP contribution is -2.16. The Kier molecular flexibility index (Phi) is 10.4. The van der Waals surface area contributed by atoms with Crippen LogP contribution < -0.4 is 5.32 Å². The van der Waals surface area contributed by atoms with E-state index in [1.807, 2.05) is 0 Å². The highest BCUT2D eigenvalue weighted by atomic mass is 35.5. The van der Waals surface area contributed by atoms with Gasteiger partial charge < -0.3 is 5.32 Å². The van der Waals surface area contributed by atoms with Gasteiger partial charge in [0.05, 0.1) is 0 Å². The number of rotatable bonds is 10. The maximum absolute atomic E-state index is 3.56. The molecule has 2 aromatic rings.